The Labute approximate surface area is 149 Å². The Morgan fingerprint density at radius 1 is 0.960 bits per heavy atom. The molecule has 0 atom stereocenters. The molecule has 0 N–H and O–H groups in total. The van der Waals surface area contributed by atoms with Crippen LogP contribution in [0.25, 0.3) is 5.57 Å². The molecule has 1 aliphatic carbocycles. The summed E-state index contributed by atoms with van der Waals surface area (Å²) >= 11 is 0. The predicted octanol–water partition coefficient (Wildman–Crippen LogP) is 2.09. The lowest BCUT2D eigenvalue weighted by atomic mass is 9.81. The maximum absolute atomic E-state index is 6.05. The van der Waals surface area contributed by atoms with E-state index in [1.54, 1.807) is 12.4 Å². The number of aromatic nitrogens is 2. The summed E-state index contributed by atoms with van der Waals surface area (Å²) in [5.74, 6) is 0.347. The van der Waals surface area contributed by atoms with Crippen molar-refractivity contribution in [3.8, 4) is 0 Å². The van der Waals surface area contributed by atoms with E-state index >= 15 is 0 Å². The second-order valence-electron chi connectivity index (χ2n) is 7.97. The highest BCUT2D eigenvalue weighted by molar-refractivity contribution is 6.61. The normalized spacial score (nSPS) is 26.9. The largest absolute Gasteiger partial charge is 0.498 e. The van der Waals surface area contributed by atoms with Gasteiger partial charge in [-0.3, -0.25) is 0 Å². The Morgan fingerprint density at radius 2 is 1.56 bits per heavy atom. The van der Waals surface area contributed by atoms with Crippen LogP contribution in [-0.4, -0.2) is 47.3 Å². The molecule has 25 heavy (non-hydrogen) atoms. The van der Waals surface area contributed by atoms with Gasteiger partial charge >= 0.3 is 7.12 Å². The summed E-state index contributed by atoms with van der Waals surface area (Å²) in [6.45, 7) is 9.52. The molecular formula is C18H25BN2O4. The zero-order valence-corrected chi connectivity index (χ0v) is 15.4. The minimum atomic E-state index is -0.428. The molecule has 2 aliphatic heterocycles. The summed E-state index contributed by atoms with van der Waals surface area (Å²) in [5, 5.41) is 0. The molecule has 0 bridgehead atoms. The lowest BCUT2D eigenvalue weighted by Gasteiger charge is -2.32. The Kier molecular flexibility index (Phi) is 4.03. The van der Waals surface area contributed by atoms with Gasteiger partial charge in [0, 0.05) is 30.7 Å². The highest BCUT2D eigenvalue weighted by Gasteiger charge is 2.52. The van der Waals surface area contributed by atoms with Crippen molar-refractivity contribution in [2.45, 2.75) is 63.9 Å². The van der Waals surface area contributed by atoms with E-state index in [2.05, 4.69) is 16.0 Å². The zero-order valence-electron chi connectivity index (χ0n) is 15.4. The molecule has 6 nitrogen and oxygen atoms in total. The van der Waals surface area contributed by atoms with Crippen LogP contribution in [0.4, 0.5) is 0 Å². The number of nitrogens with zero attached hydrogens (tertiary/aromatic N) is 2. The van der Waals surface area contributed by atoms with Gasteiger partial charge in [0.25, 0.3) is 0 Å². The van der Waals surface area contributed by atoms with E-state index in [0.29, 0.717) is 13.2 Å². The van der Waals surface area contributed by atoms with E-state index in [1.807, 2.05) is 27.7 Å². The third-order valence-electron chi connectivity index (χ3n) is 5.73. The summed E-state index contributed by atoms with van der Waals surface area (Å²) in [4.78, 5) is 9.07. The summed E-state index contributed by atoms with van der Waals surface area (Å²) < 4.78 is 23.6. The van der Waals surface area contributed by atoms with E-state index < -0.39 is 12.9 Å². The van der Waals surface area contributed by atoms with Crippen molar-refractivity contribution >= 4 is 18.2 Å². The van der Waals surface area contributed by atoms with Gasteiger partial charge in [-0.1, -0.05) is 6.08 Å². The number of hydrogen-bond donors (Lipinski definition) is 0. The van der Waals surface area contributed by atoms with Gasteiger partial charge in [-0.2, -0.15) is 0 Å². The standard InChI is InChI=1S/C18H25BN2O4/c1-16(2)17(3,4)25-19(24-16)14-11-20-15(21-12-14)13-5-7-18(8-6-13)22-9-10-23-18/h5,11-12H,6-10H2,1-4H3. The Balaban J connectivity index is 1.47. The second-order valence-corrected chi connectivity index (χ2v) is 7.97. The van der Waals surface area contributed by atoms with Crippen LogP contribution in [0.2, 0.25) is 0 Å². The maximum atomic E-state index is 6.05. The molecule has 7 heteroatoms. The summed E-state index contributed by atoms with van der Waals surface area (Å²) in [6, 6.07) is 0. The van der Waals surface area contributed by atoms with Crippen molar-refractivity contribution in [3.05, 3.63) is 24.3 Å². The number of hydrogen-bond acceptors (Lipinski definition) is 6. The molecule has 134 valence electrons. The van der Waals surface area contributed by atoms with Gasteiger partial charge in [0.2, 0.25) is 0 Å². The van der Waals surface area contributed by atoms with Gasteiger partial charge in [-0.15, -0.1) is 0 Å². The van der Waals surface area contributed by atoms with E-state index in [1.165, 1.54) is 0 Å². The van der Waals surface area contributed by atoms with E-state index in [-0.39, 0.29) is 11.2 Å². The smallest absolute Gasteiger partial charge is 0.399 e. The fourth-order valence-corrected chi connectivity index (χ4v) is 3.37. The SMILES string of the molecule is CC1(C)OB(c2cnc(C3=CCC4(CC3)OCCO4)nc2)OC1(C)C. The monoisotopic (exact) mass is 344 g/mol. The summed E-state index contributed by atoms with van der Waals surface area (Å²) in [5.41, 5.74) is 1.26. The Hall–Kier alpha value is -1.28. The number of ether oxygens (including phenoxy) is 2. The van der Waals surface area contributed by atoms with Gasteiger partial charge in [0.05, 0.1) is 24.4 Å². The van der Waals surface area contributed by atoms with Crippen LogP contribution in [0.5, 0.6) is 0 Å². The van der Waals surface area contributed by atoms with Crippen LogP contribution in [0.15, 0.2) is 18.5 Å². The van der Waals surface area contributed by atoms with Crippen LogP contribution < -0.4 is 5.46 Å². The molecule has 0 unspecified atom stereocenters. The molecule has 4 rings (SSSR count). The highest BCUT2D eigenvalue weighted by Crippen LogP contribution is 2.38. The minimum absolute atomic E-state index is 0.363. The van der Waals surface area contributed by atoms with E-state index in [4.69, 9.17) is 18.8 Å². The summed E-state index contributed by atoms with van der Waals surface area (Å²) in [7, 11) is -0.428. The molecule has 0 aromatic carbocycles. The first-order chi connectivity index (χ1) is 11.8. The van der Waals surface area contributed by atoms with Crippen molar-refractivity contribution < 1.29 is 18.8 Å². The average molecular weight is 344 g/mol. The lowest BCUT2D eigenvalue weighted by molar-refractivity contribution is -0.159. The molecule has 1 spiro atoms. The molecule has 2 fully saturated rings. The number of allylic oxidation sites excluding steroid dienone is 1. The molecule has 1 aromatic heterocycles. The van der Waals surface area contributed by atoms with Gasteiger partial charge in [0.1, 0.15) is 0 Å². The van der Waals surface area contributed by atoms with Crippen molar-refractivity contribution in [1.29, 1.82) is 0 Å². The molecule has 3 aliphatic rings. The topological polar surface area (TPSA) is 62.7 Å². The predicted molar refractivity (Wildman–Crippen MR) is 94.2 cm³/mol. The highest BCUT2D eigenvalue weighted by atomic mass is 16.7. The Bertz CT molecular complexity index is 665. The molecule has 0 radical (unpaired) electrons. The first-order valence-electron chi connectivity index (χ1n) is 8.95. The van der Waals surface area contributed by atoms with E-state index in [0.717, 1.165) is 36.1 Å². The summed E-state index contributed by atoms with van der Waals surface area (Å²) in [6.07, 6.45) is 8.21. The van der Waals surface area contributed by atoms with Crippen LogP contribution in [0, 0.1) is 0 Å². The second kappa shape index (κ2) is 5.88. The maximum Gasteiger partial charge on any atom is 0.498 e. The van der Waals surface area contributed by atoms with Crippen LogP contribution in [0.1, 0.15) is 52.8 Å². The lowest BCUT2D eigenvalue weighted by Crippen LogP contribution is -2.41. The van der Waals surface area contributed by atoms with Gasteiger partial charge in [0.15, 0.2) is 11.6 Å². The first-order valence-corrected chi connectivity index (χ1v) is 8.95. The van der Waals surface area contributed by atoms with Crippen LogP contribution in [-0.2, 0) is 18.8 Å². The molecule has 2 saturated heterocycles. The third-order valence-corrected chi connectivity index (χ3v) is 5.73. The van der Waals surface area contributed by atoms with Crippen molar-refractivity contribution in [3.63, 3.8) is 0 Å². The molecule has 0 saturated carbocycles. The van der Waals surface area contributed by atoms with Gasteiger partial charge < -0.3 is 18.8 Å². The van der Waals surface area contributed by atoms with Crippen molar-refractivity contribution in [2.24, 2.45) is 0 Å². The third kappa shape index (κ3) is 3.03. The van der Waals surface area contributed by atoms with Crippen molar-refractivity contribution in [2.75, 3.05) is 13.2 Å². The van der Waals surface area contributed by atoms with Crippen molar-refractivity contribution in [1.82, 2.24) is 9.97 Å². The van der Waals surface area contributed by atoms with E-state index in [9.17, 15) is 0 Å². The quantitative estimate of drug-likeness (QED) is 0.766. The molecular weight excluding hydrogens is 319 g/mol. The zero-order chi connectivity index (χ0) is 17.7. The molecule has 3 heterocycles. The fourth-order valence-electron chi connectivity index (χ4n) is 3.37. The fraction of sp³-hybridized carbons (Fsp3) is 0.667. The van der Waals surface area contributed by atoms with Gasteiger partial charge in [-0.05, 0) is 39.7 Å². The minimum Gasteiger partial charge on any atom is -0.399 e. The van der Waals surface area contributed by atoms with Crippen LogP contribution >= 0.6 is 0 Å². The molecule has 0 amide bonds. The van der Waals surface area contributed by atoms with Crippen LogP contribution in [0.3, 0.4) is 0 Å². The number of rotatable bonds is 2. The average Bonchev–Trinajstić information content (AvgIpc) is 3.11. The Morgan fingerprint density at radius 3 is 2.08 bits per heavy atom. The van der Waals surface area contributed by atoms with Gasteiger partial charge in [-0.25, -0.2) is 9.97 Å². The first kappa shape index (κ1) is 17.2. The molecule has 1 aromatic rings.